The number of rotatable bonds is 4. The Kier molecular flexibility index (Phi) is 30.2. The van der Waals surface area contributed by atoms with E-state index in [2.05, 4.69) is 40.9 Å². The lowest BCUT2D eigenvalue weighted by molar-refractivity contribution is -0.135. The Morgan fingerprint density at radius 2 is 0.918 bits per heavy atom. The fourth-order valence-electron chi connectivity index (χ4n) is 5.14. The molecular weight excluding hydrogens is 632 g/mol. The largest absolute Gasteiger partial charge is 0.379 e. The molecule has 0 aromatic carbocycles. The summed E-state index contributed by atoms with van der Waals surface area (Å²) in [4.78, 5) is 32.5. The molecule has 1 N–H and O–H groups in total. The summed E-state index contributed by atoms with van der Waals surface area (Å²) in [6.07, 6.45) is 1.87. The van der Waals surface area contributed by atoms with Crippen molar-refractivity contribution >= 4 is 11.8 Å². The topological polar surface area (TPSA) is 118 Å². The van der Waals surface area contributed by atoms with E-state index in [1.165, 1.54) is 19.5 Å². The molecule has 2 amide bonds. The number of ether oxygens (including phenoxy) is 6. The number of hydrogen-bond acceptors (Lipinski definition) is 12. The summed E-state index contributed by atoms with van der Waals surface area (Å²) in [7, 11) is 2.11. The van der Waals surface area contributed by atoms with Crippen molar-refractivity contribution < 1.29 is 38.0 Å². The van der Waals surface area contributed by atoms with Gasteiger partial charge in [0.15, 0.2) is 0 Å². The molecule has 0 spiro atoms. The third kappa shape index (κ3) is 26.0. The number of likely N-dealkylation sites (N-methyl/N-ethyl adjacent to an activating group) is 2. The summed E-state index contributed by atoms with van der Waals surface area (Å²) < 4.78 is 30.6. The fourth-order valence-corrected chi connectivity index (χ4v) is 5.14. The minimum Gasteiger partial charge on any atom is -0.379 e. The quantitative estimate of drug-likeness (QED) is 0.445. The molecule has 0 radical (unpaired) electrons. The smallest absolute Gasteiger partial charge is 0.222 e. The van der Waals surface area contributed by atoms with Crippen LogP contribution in [0.15, 0.2) is 0 Å². The van der Waals surface area contributed by atoms with Gasteiger partial charge >= 0.3 is 0 Å². The Morgan fingerprint density at radius 3 is 1.18 bits per heavy atom. The first kappa shape index (κ1) is 45.6. The molecule has 6 fully saturated rings. The van der Waals surface area contributed by atoms with Gasteiger partial charge in [-0.2, -0.15) is 0 Å². The van der Waals surface area contributed by atoms with E-state index in [-0.39, 0.29) is 11.8 Å². The first-order valence-electron chi connectivity index (χ1n) is 18.7. The van der Waals surface area contributed by atoms with Gasteiger partial charge in [0.05, 0.1) is 79.3 Å². The Hall–Kier alpha value is -1.46. The van der Waals surface area contributed by atoms with Crippen molar-refractivity contribution in [3.8, 4) is 0 Å². The molecule has 14 nitrogen and oxygen atoms in total. The highest BCUT2D eigenvalue weighted by Crippen LogP contribution is 1.99. The molecule has 290 valence electrons. The maximum atomic E-state index is 11.0. The van der Waals surface area contributed by atoms with Crippen LogP contribution in [0.5, 0.6) is 0 Å². The predicted molar refractivity (Wildman–Crippen MR) is 193 cm³/mol. The number of carbonyl (C=O) groups excluding carboxylic acids is 2. The molecule has 0 aromatic rings. The highest BCUT2D eigenvalue weighted by molar-refractivity contribution is 5.75. The summed E-state index contributed by atoms with van der Waals surface area (Å²) in [5.74, 6) is 0.390. The lowest BCUT2D eigenvalue weighted by atomic mass is 10.3. The highest BCUT2D eigenvalue weighted by atomic mass is 16.5. The molecule has 6 aliphatic heterocycles. The number of amides is 2. The van der Waals surface area contributed by atoms with E-state index in [0.717, 1.165) is 131 Å². The average molecular weight is 705 g/mol. The summed E-state index contributed by atoms with van der Waals surface area (Å²) >= 11 is 0. The van der Waals surface area contributed by atoms with Gasteiger partial charge in [-0.3, -0.25) is 19.4 Å². The Bertz CT molecular complexity index is 738. The van der Waals surface area contributed by atoms with E-state index in [1.807, 2.05) is 11.8 Å². The minimum atomic E-state index is 0.151. The molecule has 14 heteroatoms. The molecule has 6 saturated heterocycles. The molecule has 0 bridgehead atoms. The molecule has 6 aliphatic rings. The molecule has 6 rings (SSSR count). The van der Waals surface area contributed by atoms with E-state index in [0.29, 0.717) is 32.8 Å². The van der Waals surface area contributed by atoms with Crippen LogP contribution < -0.4 is 5.32 Å². The van der Waals surface area contributed by atoms with Crippen molar-refractivity contribution in [1.82, 2.24) is 29.8 Å². The van der Waals surface area contributed by atoms with Gasteiger partial charge in [-0.05, 0) is 26.6 Å². The number of morpholine rings is 6. The lowest BCUT2D eigenvalue weighted by Crippen LogP contribution is -2.40. The first-order chi connectivity index (χ1) is 23.9. The fraction of sp³-hybridized carbons (Fsp3) is 0.943. The van der Waals surface area contributed by atoms with Crippen molar-refractivity contribution in [2.45, 2.75) is 40.5 Å². The van der Waals surface area contributed by atoms with Gasteiger partial charge in [0.2, 0.25) is 11.8 Å². The molecule has 0 saturated carbocycles. The van der Waals surface area contributed by atoms with Gasteiger partial charge in [-0.1, -0.05) is 20.8 Å². The molecule has 0 aliphatic carbocycles. The number of hydrogen-bond donors (Lipinski definition) is 1. The van der Waals surface area contributed by atoms with Gasteiger partial charge in [0.25, 0.3) is 0 Å². The zero-order valence-electron chi connectivity index (χ0n) is 31.8. The Balaban J connectivity index is 0.000000296. The molecular formula is C35H72N6O8. The summed E-state index contributed by atoms with van der Waals surface area (Å²) in [5.41, 5.74) is 0. The zero-order valence-corrected chi connectivity index (χ0v) is 31.8. The van der Waals surface area contributed by atoms with E-state index in [1.54, 1.807) is 11.8 Å². The SMILES string of the molecule is C1COCCN1.CC(=O)N1CCOCC1.CCC(=O)N1CCOCC1.CCCN1CCOCC1.CCN1CCOCC1.CN1CCOCC1. The van der Waals surface area contributed by atoms with Gasteiger partial charge < -0.3 is 48.4 Å². The maximum absolute atomic E-state index is 11.0. The molecule has 49 heavy (non-hydrogen) atoms. The molecule has 0 atom stereocenters. The summed E-state index contributed by atoms with van der Waals surface area (Å²) in [5, 5.41) is 3.16. The predicted octanol–water partition coefficient (Wildman–Crippen LogP) is 0.742. The Morgan fingerprint density at radius 1 is 0.531 bits per heavy atom. The zero-order chi connectivity index (χ0) is 35.8. The van der Waals surface area contributed by atoms with Crippen LogP contribution in [-0.2, 0) is 38.0 Å². The maximum Gasteiger partial charge on any atom is 0.222 e. The van der Waals surface area contributed by atoms with E-state index in [4.69, 9.17) is 28.4 Å². The van der Waals surface area contributed by atoms with Crippen LogP contribution in [0.2, 0.25) is 0 Å². The number of nitrogens with one attached hydrogen (secondary N) is 1. The third-order valence-electron chi connectivity index (χ3n) is 8.40. The molecule has 0 aromatic heterocycles. The van der Waals surface area contributed by atoms with Crippen molar-refractivity contribution in [2.75, 3.05) is 178 Å². The average Bonchev–Trinajstić information content (AvgIpc) is 3.18. The van der Waals surface area contributed by atoms with Gasteiger partial charge in [-0.25, -0.2) is 0 Å². The number of carbonyl (C=O) groups is 2. The monoisotopic (exact) mass is 705 g/mol. The van der Waals surface area contributed by atoms with Crippen LogP contribution in [0.3, 0.4) is 0 Å². The lowest BCUT2D eigenvalue weighted by Gasteiger charge is -2.26. The standard InChI is InChI=1S/C7H13NO2.C7H15NO.C6H11NO2.C6H13NO.C5H11NO.C4H9NO/c1-2-7(9)8-3-5-10-6-4-8;1-2-3-8-4-6-9-7-5-8;1-6(8)7-2-4-9-5-3-7;1-2-7-3-5-8-6-4-7;1-6-2-4-7-5-3-6;1-3-6-4-2-5-1/h2-6H2,1H3;2-7H2,1H3;2-5H2,1H3;2-6H2,1H3;2-5H2,1H3;5H,1-4H2. The third-order valence-corrected chi connectivity index (χ3v) is 8.40. The summed E-state index contributed by atoms with van der Waals surface area (Å²) in [6, 6.07) is 0. The highest BCUT2D eigenvalue weighted by Gasteiger charge is 2.14. The van der Waals surface area contributed by atoms with Crippen molar-refractivity contribution in [2.24, 2.45) is 0 Å². The second-order valence-corrected chi connectivity index (χ2v) is 12.2. The van der Waals surface area contributed by atoms with Crippen LogP contribution >= 0.6 is 0 Å². The molecule has 6 heterocycles. The van der Waals surface area contributed by atoms with E-state index >= 15 is 0 Å². The van der Waals surface area contributed by atoms with Crippen LogP contribution in [0.1, 0.15) is 40.5 Å². The Labute approximate surface area is 297 Å². The van der Waals surface area contributed by atoms with Crippen LogP contribution in [-0.4, -0.2) is 214 Å². The van der Waals surface area contributed by atoms with Crippen LogP contribution in [0.4, 0.5) is 0 Å². The summed E-state index contributed by atoms with van der Waals surface area (Å²) in [6.45, 7) is 32.2. The van der Waals surface area contributed by atoms with E-state index in [9.17, 15) is 9.59 Å². The minimum absolute atomic E-state index is 0.151. The first-order valence-corrected chi connectivity index (χ1v) is 18.7. The van der Waals surface area contributed by atoms with Crippen molar-refractivity contribution in [1.29, 1.82) is 0 Å². The van der Waals surface area contributed by atoms with Crippen molar-refractivity contribution in [3.63, 3.8) is 0 Å². The van der Waals surface area contributed by atoms with E-state index < -0.39 is 0 Å². The van der Waals surface area contributed by atoms with Crippen LogP contribution in [0, 0.1) is 0 Å². The molecule has 0 unspecified atom stereocenters. The second kappa shape index (κ2) is 32.4. The van der Waals surface area contributed by atoms with Crippen molar-refractivity contribution in [3.05, 3.63) is 0 Å². The van der Waals surface area contributed by atoms with Crippen LogP contribution in [0.25, 0.3) is 0 Å². The second-order valence-electron chi connectivity index (χ2n) is 12.2. The van der Waals surface area contributed by atoms with Gasteiger partial charge in [0.1, 0.15) is 0 Å². The van der Waals surface area contributed by atoms with Gasteiger partial charge in [-0.15, -0.1) is 0 Å². The number of nitrogens with zero attached hydrogens (tertiary/aromatic N) is 5. The van der Waals surface area contributed by atoms with Gasteiger partial charge in [0, 0.05) is 91.9 Å². The normalized spacial score (nSPS) is 22.1.